The largest absolute Gasteiger partial charge is 0.502 e. The molecular weight excluding hydrogens is 220 g/mol. The van der Waals surface area contributed by atoms with Crippen molar-refractivity contribution in [2.75, 3.05) is 6.61 Å². The lowest BCUT2D eigenvalue weighted by atomic mass is 9.91. The van der Waals surface area contributed by atoms with E-state index in [2.05, 4.69) is 38.5 Å². The average Bonchev–Trinajstić information content (AvgIpc) is 2.38. The van der Waals surface area contributed by atoms with Crippen molar-refractivity contribution in [2.45, 2.75) is 52.4 Å². The molecule has 0 saturated carbocycles. The number of rotatable bonds is 11. The van der Waals surface area contributed by atoms with Gasteiger partial charge in [0.2, 0.25) is 0 Å². The van der Waals surface area contributed by atoms with Crippen LogP contribution in [0.25, 0.3) is 0 Å². The summed E-state index contributed by atoms with van der Waals surface area (Å²) in [7, 11) is 0. The Bertz CT molecular complexity index is 259. The van der Waals surface area contributed by atoms with Gasteiger partial charge in [-0.05, 0) is 43.9 Å². The molecule has 2 atom stereocenters. The smallest absolute Gasteiger partial charge is 0.0873 e. The SMILES string of the molecule is C#CCCCCC=CC(C)C(C)CCCOC=C. The van der Waals surface area contributed by atoms with Gasteiger partial charge in [0.15, 0.2) is 0 Å². The summed E-state index contributed by atoms with van der Waals surface area (Å²) in [6.07, 6.45) is 18.1. The molecule has 0 bridgehead atoms. The van der Waals surface area contributed by atoms with E-state index in [4.69, 9.17) is 11.2 Å². The minimum Gasteiger partial charge on any atom is -0.502 e. The first-order valence-electron chi connectivity index (χ1n) is 7.05. The summed E-state index contributed by atoms with van der Waals surface area (Å²) < 4.78 is 5.13. The quantitative estimate of drug-likeness (QED) is 0.217. The maximum Gasteiger partial charge on any atom is 0.0873 e. The fourth-order valence-corrected chi connectivity index (χ4v) is 1.82. The van der Waals surface area contributed by atoms with E-state index in [0.29, 0.717) is 11.8 Å². The first-order valence-corrected chi connectivity index (χ1v) is 7.05. The first-order chi connectivity index (χ1) is 8.72. The van der Waals surface area contributed by atoms with E-state index in [-0.39, 0.29) is 0 Å². The van der Waals surface area contributed by atoms with Gasteiger partial charge in [-0.25, -0.2) is 0 Å². The predicted molar refractivity (Wildman–Crippen MR) is 80.2 cm³/mol. The Morgan fingerprint density at radius 3 is 2.72 bits per heavy atom. The minimum absolute atomic E-state index is 0.640. The van der Waals surface area contributed by atoms with E-state index >= 15 is 0 Å². The highest BCUT2D eigenvalue weighted by atomic mass is 16.5. The molecule has 1 nitrogen and oxygen atoms in total. The molecule has 0 rings (SSSR count). The van der Waals surface area contributed by atoms with Crippen molar-refractivity contribution < 1.29 is 4.74 Å². The molecule has 0 aromatic rings. The van der Waals surface area contributed by atoms with E-state index in [1.54, 1.807) is 0 Å². The number of terminal acetylenes is 1. The predicted octanol–water partition coefficient (Wildman–Crippen LogP) is 4.95. The molecule has 0 N–H and O–H groups in total. The van der Waals surface area contributed by atoms with Crippen LogP contribution in [0.4, 0.5) is 0 Å². The van der Waals surface area contributed by atoms with Crippen LogP contribution in [-0.4, -0.2) is 6.61 Å². The second-order valence-corrected chi connectivity index (χ2v) is 4.89. The maximum atomic E-state index is 5.21. The molecule has 0 amide bonds. The van der Waals surface area contributed by atoms with Crippen molar-refractivity contribution in [3.05, 3.63) is 25.0 Å². The second-order valence-electron chi connectivity index (χ2n) is 4.89. The van der Waals surface area contributed by atoms with E-state index < -0.39 is 0 Å². The van der Waals surface area contributed by atoms with Crippen LogP contribution in [-0.2, 0) is 4.74 Å². The summed E-state index contributed by atoms with van der Waals surface area (Å²) in [5.41, 5.74) is 0. The average molecular weight is 248 g/mol. The Labute approximate surface area is 113 Å². The Morgan fingerprint density at radius 2 is 2.06 bits per heavy atom. The van der Waals surface area contributed by atoms with Gasteiger partial charge >= 0.3 is 0 Å². The van der Waals surface area contributed by atoms with Crippen LogP contribution in [0.1, 0.15) is 52.4 Å². The van der Waals surface area contributed by atoms with Crippen LogP contribution < -0.4 is 0 Å². The van der Waals surface area contributed by atoms with Gasteiger partial charge in [-0.2, -0.15) is 0 Å². The number of ether oxygens (including phenoxy) is 1. The zero-order chi connectivity index (χ0) is 13.6. The van der Waals surface area contributed by atoms with Crippen molar-refractivity contribution in [1.29, 1.82) is 0 Å². The second kappa shape index (κ2) is 12.3. The summed E-state index contributed by atoms with van der Waals surface area (Å²) in [6.45, 7) is 8.92. The first kappa shape index (κ1) is 16.8. The van der Waals surface area contributed by atoms with Gasteiger partial charge < -0.3 is 4.74 Å². The molecule has 0 aliphatic heterocycles. The summed E-state index contributed by atoms with van der Waals surface area (Å²) in [5, 5.41) is 0. The minimum atomic E-state index is 0.640. The fraction of sp³-hybridized carbons (Fsp3) is 0.647. The summed E-state index contributed by atoms with van der Waals surface area (Å²) >= 11 is 0. The molecule has 1 heteroatoms. The van der Waals surface area contributed by atoms with Crippen LogP contribution >= 0.6 is 0 Å². The molecule has 102 valence electrons. The van der Waals surface area contributed by atoms with Gasteiger partial charge in [0.25, 0.3) is 0 Å². The van der Waals surface area contributed by atoms with Crippen molar-refractivity contribution in [3.63, 3.8) is 0 Å². The van der Waals surface area contributed by atoms with Crippen molar-refractivity contribution >= 4 is 0 Å². The molecule has 0 aliphatic rings. The highest BCUT2D eigenvalue weighted by molar-refractivity contribution is 4.89. The molecule has 0 aromatic carbocycles. The van der Waals surface area contributed by atoms with Crippen molar-refractivity contribution in [3.8, 4) is 12.3 Å². The van der Waals surface area contributed by atoms with E-state index in [0.717, 1.165) is 32.3 Å². The van der Waals surface area contributed by atoms with Gasteiger partial charge in [-0.1, -0.05) is 32.6 Å². The Balaban J connectivity index is 3.59. The van der Waals surface area contributed by atoms with Gasteiger partial charge in [-0.15, -0.1) is 12.3 Å². The zero-order valence-electron chi connectivity index (χ0n) is 12.0. The lowest BCUT2D eigenvalue weighted by Crippen LogP contribution is -2.06. The third-order valence-corrected chi connectivity index (χ3v) is 3.32. The Kier molecular flexibility index (Phi) is 11.5. The molecule has 0 heterocycles. The molecule has 0 aliphatic carbocycles. The molecule has 0 saturated heterocycles. The van der Waals surface area contributed by atoms with E-state index in [1.165, 1.54) is 19.1 Å². The number of allylic oxidation sites excluding steroid dienone is 2. The van der Waals surface area contributed by atoms with E-state index in [9.17, 15) is 0 Å². The molecule has 18 heavy (non-hydrogen) atoms. The van der Waals surface area contributed by atoms with Gasteiger partial charge in [-0.3, -0.25) is 0 Å². The lowest BCUT2D eigenvalue weighted by molar-refractivity contribution is 0.231. The van der Waals surface area contributed by atoms with Crippen molar-refractivity contribution in [2.24, 2.45) is 11.8 Å². The van der Waals surface area contributed by atoms with Gasteiger partial charge in [0, 0.05) is 6.42 Å². The fourth-order valence-electron chi connectivity index (χ4n) is 1.82. The van der Waals surface area contributed by atoms with Crippen LogP contribution in [0.3, 0.4) is 0 Å². The molecule has 0 spiro atoms. The summed E-state index contributed by atoms with van der Waals surface area (Å²) in [6, 6.07) is 0. The Morgan fingerprint density at radius 1 is 1.28 bits per heavy atom. The van der Waals surface area contributed by atoms with Gasteiger partial charge in [0.05, 0.1) is 12.9 Å². The third-order valence-electron chi connectivity index (χ3n) is 3.32. The number of hydrogen-bond acceptors (Lipinski definition) is 1. The molecular formula is C17H28O. The number of unbranched alkanes of at least 4 members (excludes halogenated alkanes) is 3. The van der Waals surface area contributed by atoms with Gasteiger partial charge in [0.1, 0.15) is 0 Å². The van der Waals surface area contributed by atoms with Crippen LogP contribution in [0.2, 0.25) is 0 Å². The molecule has 0 aromatic heterocycles. The lowest BCUT2D eigenvalue weighted by Gasteiger charge is -2.16. The van der Waals surface area contributed by atoms with Crippen LogP contribution in [0.15, 0.2) is 25.0 Å². The topological polar surface area (TPSA) is 9.23 Å². The third kappa shape index (κ3) is 10.0. The zero-order valence-corrected chi connectivity index (χ0v) is 12.0. The molecule has 0 radical (unpaired) electrons. The van der Waals surface area contributed by atoms with Crippen LogP contribution in [0, 0.1) is 24.2 Å². The number of hydrogen-bond donors (Lipinski definition) is 0. The standard InChI is InChI=1S/C17H28O/c1-5-7-8-9-10-11-13-16(3)17(4)14-12-15-18-6-2/h1,6,11,13,16-17H,2,7-10,12,14-15H2,3-4H3. The highest BCUT2D eigenvalue weighted by Gasteiger charge is 2.08. The van der Waals surface area contributed by atoms with Crippen LogP contribution in [0.5, 0.6) is 0 Å². The Hall–Kier alpha value is -1.16. The maximum absolute atomic E-state index is 5.21. The normalized spacial score (nSPS) is 14.1. The van der Waals surface area contributed by atoms with E-state index in [1.807, 2.05) is 0 Å². The highest BCUT2D eigenvalue weighted by Crippen LogP contribution is 2.18. The molecule has 0 fully saturated rings. The summed E-state index contributed by atoms with van der Waals surface area (Å²) in [5.74, 6) is 4.02. The monoisotopic (exact) mass is 248 g/mol. The van der Waals surface area contributed by atoms with Crippen molar-refractivity contribution in [1.82, 2.24) is 0 Å². The molecule has 2 unspecified atom stereocenters. The summed E-state index contributed by atoms with van der Waals surface area (Å²) in [4.78, 5) is 0.